The molecule has 0 aromatic rings. The van der Waals surface area contributed by atoms with Gasteiger partial charge >= 0.3 is 11.9 Å². The third-order valence-corrected chi connectivity index (χ3v) is 6.63. The van der Waals surface area contributed by atoms with Gasteiger partial charge in [0, 0.05) is 32.4 Å². The number of unbranched alkanes of at least 4 members (excludes halogenated alkanes) is 2. The Morgan fingerprint density at radius 3 is 1.82 bits per heavy atom. The number of carbonyl (C=O) groups is 9. The average molecular weight is 716 g/mol. The van der Waals surface area contributed by atoms with Gasteiger partial charge in [-0.2, -0.15) is 0 Å². The molecule has 0 aromatic carbocycles. The predicted octanol–water partition coefficient (Wildman–Crippen LogP) is -4.29. The SMILES string of the molecule is CC(=O)CCCC(=O)NCCCCCC(=O)NCC(=O)N[C@@H](CCCN=C(N)N)C(=O)NCC(=O)N[C@@H](CC(=O)O)C(=O)N[C@@H](CO)C(=O)O. The lowest BCUT2D eigenvalue weighted by Crippen LogP contribution is -2.55. The van der Waals surface area contributed by atoms with Crippen LogP contribution >= 0.6 is 0 Å². The number of guanidine groups is 1. The molecule has 13 N–H and O–H groups in total. The molecule has 21 nitrogen and oxygen atoms in total. The lowest BCUT2D eigenvalue weighted by Gasteiger charge is -2.21. The second-order valence-electron chi connectivity index (χ2n) is 11.1. The molecule has 0 fully saturated rings. The van der Waals surface area contributed by atoms with Crippen LogP contribution in [0.15, 0.2) is 4.99 Å². The Labute approximate surface area is 288 Å². The molecule has 0 aliphatic carbocycles. The summed E-state index contributed by atoms with van der Waals surface area (Å²) in [6.07, 6.45) is 2.22. The number of aliphatic hydroxyl groups excluding tert-OH is 1. The zero-order chi connectivity index (χ0) is 38.1. The smallest absolute Gasteiger partial charge is 0.328 e. The molecule has 50 heavy (non-hydrogen) atoms. The first-order chi connectivity index (χ1) is 23.5. The van der Waals surface area contributed by atoms with Gasteiger partial charge in [0.1, 0.15) is 23.9 Å². The van der Waals surface area contributed by atoms with E-state index < -0.39 is 85.7 Å². The van der Waals surface area contributed by atoms with Crippen molar-refractivity contribution in [2.45, 2.75) is 89.3 Å². The molecule has 0 radical (unpaired) electrons. The van der Waals surface area contributed by atoms with Crippen LogP contribution in [0, 0.1) is 0 Å². The number of aliphatic imine (C=N–C) groups is 1. The number of carboxylic acids is 2. The molecule has 0 spiro atoms. The Kier molecular flexibility index (Phi) is 22.9. The van der Waals surface area contributed by atoms with Gasteiger partial charge in [0.2, 0.25) is 35.4 Å². The van der Waals surface area contributed by atoms with Crippen molar-refractivity contribution in [1.29, 1.82) is 0 Å². The Balaban J connectivity index is 4.92. The van der Waals surface area contributed by atoms with E-state index in [9.17, 15) is 43.2 Å². The molecule has 0 saturated heterocycles. The van der Waals surface area contributed by atoms with Crippen molar-refractivity contribution in [2.24, 2.45) is 16.5 Å². The molecule has 0 aliphatic heterocycles. The molecule has 0 bridgehead atoms. The fourth-order valence-corrected chi connectivity index (χ4v) is 4.06. The van der Waals surface area contributed by atoms with E-state index in [-0.39, 0.29) is 49.9 Å². The highest BCUT2D eigenvalue weighted by molar-refractivity contribution is 5.95. The van der Waals surface area contributed by atoms with Crippen LogP contribution in [0.25, 0.3) is 0 Å². The highest BCUT2D eigenvalue weighted by atomic mass is 16.4. The molecule has 6 amide bonds. The van der Waals surface area contributed by atoms with E-state index in [1.54, 1.807) is 0 Å². The summed E-state index contributed by atoms with van der Waals surface area (Å²) >= 11 is 0. The molecule has 0 aliphatic rings. The molecule has 0 saturated carbocycles. The Morgan fingerprint density at radius 1 is 0.640 bits per heavy atom. The van der Waals surface area contributed by atoms with E-state index in [1.807, 2.05) is 5.32 Å². The molecule has 282 valence electrons. The van der Waals surface area contributed by atoms with E-state index in [4.69, 9.17) is 26.8 Å². The lowest BCUT2D eigenvalue weighted by molar-refractivity contribution is -0.144. The summed E-state index contributed by atoms with van der Waals surface area (Å²) in [6.45, 7) is -0.259. The van der Waals surface area contributed by atoms with Gasteiger partial charge in [0.25, 0.3) is 0 Å². The van der Waals surface area contributed by atoms with Gasteiger partial charge in [-0.15, -0.1) is 0 Å². The number of amides is 6. The van der Waals surface area contributed by atoms with Crippen molar-refractivity contribution < 1.29 is 58.5 Å². The van der Waals surface area contributed by atoms with E-state index in [0.717, 1.165) is 0 Å². The Hall–Kier alpha value is -5.34. The number of carboxylic acid groups (broad SMARTS) is 2. The largest absolute Gasteiger partial charge is 0.481 e. The number of carbonyl (C=O) groups excluding carboxylic acids is 7. The predicted molar refractivity (Wildman–Crippen MR) is 175 cm³/mol. The van der Waals surface area contributed by atoms with Crippen LogP contribution in [0.5, 0.6) is 0 Å². The van der Waals surface area contributed by atoms with Crippen molar-refractivity contribution in [3.63, 3.8) is 0 Å². The number of hydrogen-bond donors (Lipinski definition) is 11. The van der Waals surface area contributed by atoms with Gasteiger partial charge in [-0.25, -0.2) is 4.79 Å². The minimum absolute atomic E-state index is 0.00102. The molecule has 0 aromatic heterocycles. The number of hydrogen-bond acceptors (Lipinski definition) is 11. The molecular weight excluding hydrogens is 666 g/mol. The van der Waals surface area contributed by atoms with Crippen LogP contribution in [0.2, 0.25) is 0 Å². The van der Waals surface area contributed by atoms with Crippen molar-refractivity contribution in [1.82, 2.24) is 31.9 Å². The van der Waals surface area contributed by atoms with Crippen molar-refractivity contribution in [3.8, 4) is 0 Å². The standard InChI is InChI=1S/C29H49N9O12/c1-17(40)7-5-10-21(41)32-11-4-2-3-9-22(42)34-14-23(43)36-18(8-6-12-33-29(30)31)26(47)35-15-24(44)37-19(13-25(45)46)27(48)38-20(16-39)28(49)50/h18-20,39H,2-16H2,1H3,(H,32,41)(H,34,42)(H,35,47)(H,36,43)(H,37,44)(H,38,48)(H,45,46)(H,49,50)(H4,30,31,33)/t18-,19-,20-/m0/s1. The normalized spacial score (nSPS) is 12.2. The second kappa shape index (κ2) is 25.6. The number of rotatable bonds is 27. The fraction of sp³-hybridized carbons (Fsp3) is 0.655. The summed E-state index contributed by atoms with van der Waals surface area (Å²) in [6, 6.07) is -4.73. The number of ketones is 1. The molecule has 0 rings (SSSR count). The Morgan fingerprint density at radius 2 is 1.24 bits per heavy atom. The lowest BCUT2D eigenvalue weighted by atomic mass is 10.1. The van der Waals surface area contributed by atoms with Crippen molar-refractivity contribution in [2.75, 3.05) is 32.8 Å². The third-order valence-electron chi connectivity index (χ3n) is 6.63. The third kappa shape index (κ3) is 23.1. The highest BCUT2D eigenvalue weighted by Gasteiger charge is 2.28. The number of nitrogens with two attached hydrogens (primary N) is 2. The van der Waals surface area contributed by atoms with Crippen LogP contribution in [-0.4, -0.2) is 125 Å². The minimum Gasteiger partial charge on any atom is -0.481 e. The van der Waals surface area contributed by atoms with Gasteiger partial charge < -0.3 is 63.5 Å². The summed E-state index contributed by atoms with van der Waals surface area (Å²) in [5.74, 6) is -7.68. The molecule has 21 heteroatoms. The molecule has 0 heterocycles. The summed E-state index contributed by atoms with van der Waals surface area (Å²) in [7, 11) is 0. The Bertz CT molecular complexity index is 1220. The topological polar surface area (TPSA) is 351 Å². The maximum absolute atomic E-state index is 12.9. The number of nitrogens with one attached hydrogen (secondary N) is 6. The minimum atomic E-state index is -1.76. The van der Waals surface area contributed by atoms with E-state index in [2.05, 4.69) is 31.6 Å². The zero-order valence-electron chi connectivity index (χ0n) is 28.0. The van der Waals surface area contributed by atoms with Gasteiger partial charge in [0.15, 0.2) is 5.96 Å². The van der Waals surface area contributed by atoms with Crippen LogP contribution in [-0.2, 0) is 43.2 Å². The molecule has 0 unspecified atom stereocenters. The van der Waals surface area contributed by atoms with Crippen LogP contribution in [0.3, 0.4) is 0 Å². The van der Waals surface area contributed by atoms with Gasteiger partial charge in [0.05, 0.1) is 26.1 Å². The van der Waals surface area contributed by atoms with Crippen LogP contribution in [0.1, 0.15) is 71.1 Å². The van der Waals surface area contributed by atoms with Crippen LogP contribution in [0.4, 0.5) is 0 Å². The van der Waals surface area contributed by atoms with Crippen LogP contribution < -0.4 is 43.4 Å². The number of aliphatic carboxylic acids is 2. The zero-order valence-corrected chi connectivity index (χ0v) is 28.0. The van der Waals surface area contributed by atoms with E-state index in [0.29, 0.717) is 38.6 Å². The number of nitrogens with zero attached hydrogens (tertiary/aromatic N) is 1. The quantitative estimate of drug-likeness (QED) is 0.0218. The first kappa shape index (κ1) is 44.7. The van der Waals surface area contributed by atoms with Gasteiger partial charge in [-0.05, 0) is 39.0 Å². The summed E-state index contributed by atoms with van der Waals surface area (Å²) in [5, 5.41) is 41.0. The average Bonchev–Trinajstić information content (AvgIpc) is 3.03. The monoisotopic (exact) mass is 715 g/mol. The number of Topliss-reactive ketones (excluding diaryl/α,β-unsaturated/α-hetero) is 1. The maximum Gasteiger partial charge on any atom is 0.328 e. The summed E-state index contributed by atoms with van der Waals surface area (Å²) < 4.78 is 0. The molecule has 3 atom stereocenters. The molecular formula is C29H49N9O12. The van der Waals surface area contributed by atoms with Gasteiger partial charge in [-0.3, -0.25) is 38.6 Å². The van der Waals surface area contributed by atoms with E-state index >= 15 is 0 Å². The first-order valence-corrected chi connectivity index (χ1v) is 15.9. The van der Waals surface area contributed by atoms with E-state index in [1.165, 1.54) is 6.92 Å². The van der Waals surface area contributed by atoms with Crippen molar-refractivity contribution >= 4 is 59.1 Å². The second-order valence-corrected chi connectivity index (χ2v) is 11.1. The summed E-state index contributed by atoms with van der Waals surface area (Å²) in [5.41, 5.74) is 10.6. The van der Waals surface area contributed by atoms with Gasteiger partial charge in [-0.1, -0.05) is 6.42 Å². The highest BCUT2D eigenvalue weighted by Crippen LogP contribution is 2.02. The summed E-state index contributed by atoms with van der Waals surface area (Å²) in [4.78, 5) is 111. The maximum atomic E-state index is 12.9. The fourth-order valence-electron chi connectivity index (χ4n) is 4.06. The van der Waals surface area contributed by atoms with Crippen molar-refractivity contribution in [3.05, 3.63) is 0 Å². The first-order valence-electron chi connectivity index (χ1n) is 15.9. The number of aliphatic hydroxyl groups is 1.